The number of carbonyl (C=O) groups is 1. The van der Waals surface area contributed by atoms with E-state index in [1.54, 1.807) is 0 Å². The predicted octanol–water partition coefficient (Wildman–Crippen LogP) is 3.85. The molecule has 0 aliphatic heterocycles. The van der Waals surface area contributed by atoms with Crippen LogP contribution >= 0.6 is 0 Å². The van der Waals surface area contributed by atoms with Crippen LogP contribution in [0.5, 0.6) is 0 Å². The van der Waals surface area contributed by atoms with E-state index in [1.165, 1.54) is 19.3 Å². The lowest BCUT2D eigenvalue weighted by Crippen LogP contribution is -2.07. The van der Waals surface area contributed by atoms with Crippen LogP contribution in [0.15, 0.2) is 29.8 Å². The van der Waals surface area contributed by atoms with Gasteiger partial charge >= 0.3 is 0 Å². The number of rotatable bonds is 2. The number of allylic oxidation sites excluding steroid dienone is 2. The Morgan fingerprint density at radius 2 is 2.00 bits per heavy atom. The maximum absolute atomic E-state index is 12.3. The zero-order valence-corrected chi connectivity index (χ0v) is 10.4. The minimum absolute atomic E-state index is 0.121. The number of Topliss-reactive ketones (excluding diaryl/α,β-unsaturated/α-hetero) is 1. The topological polar surface area (TPSA) is 30.0 Å². The maximum Gasteiger partial charge on any atom is 0.207 e. The first kappa shape index (κ1) is 12.0. The summed E-state index contributed by atoms with van der Waals surface area (Å²) in [6.45, 7) is 1.92. The first-order valence-electron chi connectivity index (χ1n) is 6.45. The molecule has 0 bridgehead atoms. The van der Waals surface area contributed by atoms with Crippen LogP contribution in [0.1, 0.15) is 54.7 Å². The van der Waals surface area contributed by atoms with Crippen molar-refractivity contribution in [3.05, 3.63) is 41.2 Å². The first-order chi connectivity index (χ1) is 8.27. The molecule has 1 heterocycles. The highest BCUT2D eigenvalue weighted by atomic mass is 16.1. The van der Waals surface area contributed by atoms with E-state index in [-0.39, 0.29) is 5.78 Å². The Morgan fingerprint density at radius 1 is 1.18 bits per heavy atom. The van der Waals surface area contributed by atoms with E-state index in [0.29, 0.717) is 5.69 Å². The van der Waals surface area contributed by atoms with E-state index in [4.69, 9.17) is 0 Å². The molecule has 2 heteroatoms. The number of aromatic nitrogens is 1. The van der Waals surface area contributed by atoms with Crippen LogP contribution in [-0.2, 0) is 0 Å². The van der Waals surface area contributed by atoms with Crippen LogP contribution in [0.3, 0.4) is 0 Å². The van der Waals surface area contributed by atoms with E-state index >= 15 is 0 Å². The molecule has 2 nitrogen and oxygen atoms in total. The van der Waals surface area contributed by atoms with E-state index in [9.17, 15) is 4.79 Å². The molecule has 0 unspecified atom stereocenters. The fraction of sp³-hybridized carbons (Fsp3) is 0.467. The summed E-state index contributed by atoms with van der Waals surface area (Å²) < 4.78 is 0. The Kier molecular flexibility index (Phi) is 4.08. The summed E-state index contributed by atoms with van der Waals surface area (Å²) in [5.74, 6) is 0.121. The molecule has 0 fully saturated rings. The fourth-order valence-electron chi connectivity index (χ4n) is 2.23. The Labute approximate surface area is 103 Å². The SMILES string of the molecule is Cc1cccc(C(=O)/C2=C/CCCCCC2)n1. The molecule has 0 atom stereocenters. The van der Waals surface area contributed by atoms with Gasteiger partial charge in [0.1, 0.15) is 5.69 Å². The zero-order chi connectivity index (χ0) is 12.1. The van der Waals surface area contributed by atoms with Crippen LogP contribution in [0.25, 0.3) is 0 Å². The second-order valence-electron chi connectivity index (χ2n) is 4.68. The molecule has 1 aliphatic carbocycles. The van der Waals surface area contributed by atoms with Crippen molar-refractivity contribution in [1.82, 2.24) is 4.98 Å². The highest BCUT2D eigenvalue weighted by Gasteiger charge is 2.14. The third-order valence-corrected chi connectivity index (χ3v) is 3.20. The lowest BCUT2D eigenvalue weighted by Gasteiger charge is -2.10. The quantitative estimate of drug-likeness (QED) is 0.721. The average molecular weight is 229 g/mol. The van der Waals surface area contributed by atoms with Gasteiger partial charge in [0.25, 0.3) is 0 Å². The third-order valence-electron chi connectivity index (χ3n) is 3.20. The summed E-state index contributed by atoms with van der Waals surface area (Å²) in [6.07, 6.45) is 8.93. The summed E-state index contributed by atoms with van der Waals surface area (Å²) in [6, 6.07) is 5.64. The van der Waals surface area contributed by atoms with Gasteiger partial charge in [-0.05, 0) is 50.3 Å². The van der Waals surface area contributed by atoms with Gasteiger partial charge in [0.05, 0.1) is 0 Å². The van der Waals surface area contributed by atoms with Gasteiger partial charge in [-0.15, -0.1) is 0 Å². The number of hydrogen-bond donors (Lipinski definition) is 0. The van der Waals surface area contributed by atoms with Crippen LogP contribution in [-0.4, -0.2) is 10.8 Å². The molecule has 17 heavy (non-hydrogen) atoms. The van der Waals surface area contributed by atoms with Crippen molar-refractivity contribution in [2.24, 2.45) is 0 Å². The molecular formula is C15H19NO. The maximum atomic E-state index is 12.3. The van der Waals surface area contributed by atoms with Crippen LogP contribution in [0, 0.1) is 6.92 Å². The molecule has 1 aromatic rings. The van der Waals surface area contributed by atoms with Gasteiger partial charge in [0, 0.05) is 5.69 Å². The van der Waals surface area contributed by atoms with Crippen molar-refractivity contribution in [2.45, 2.75) is 45.4 Å². The Morgan fingerprint density at radius 3 is 2.82 bits per heavy atom. The van der Waals surface area contributed by atoms with E-state index in [0.717, 1.165) is 30.5 Å². The van der Waals surface area contributed by atoms with Crippen LogP contribution in [0.4, 0.5) is 0 Å². The standard InChI is InChI=1S/C15H19NO/c1-12-8-7-11-14(16-12)15(17)13-9-5-3-2-4-6-10-13/h7-9,11H,2-6,10H2,1H3/b13-9+. The van der Waals surface area contributed by atoms with Gasteiger partial charge in [-0.25, -0.2) is 4.98 Å². The smallest absolute Gasteiger partial charge is 0.207 e. The molecule has 0 spiro atoms. The normalized spacial score (nSPS) is 19.9. The summed E-state index contributed by atoms with van der Waals surface area (Å²) >= 11 is 0. The molecule has 1 aromatic heterocycles. The van der Waals surface area contributed by atoms with Gasteiger partial charge < -0.3 is 0 Å². The average Bonchev–Trinajstić information content (AvgIpc) is 2.28. The molecule has 2 rings (SSSR count). The second kappa shape index (κ2) is 5.76. The van der Waals surface area contributed by atoms with Crippen molar-refractivity contribution in [2.75, 3.05) is 0 Å². The summed E-state index contributed by atoms with van der Waals surface area (Å²) in [7, 11) is 0. The van der Waals surface area contributed by atoms with E-state index in [2.05, 4.69) is 11.1 Å². The van der Waals surface area contributed by atoms with Gasteiger partial charge in [-0.1, -0.05) is 25.0 Å². The summed E-state index contributed by atoms with van der Waals surface area (Å²) in [5.41, 5.74) is 2.46. The van der Waals surface area contributed by atoms with E-state index in [1.807, 2.05) is 25.1 Å². The predicted molar refractivity (Wildman–Crippen MR) is 69.1 cm³/mol. The molecule has 0 radical (unpaired) electrons. The van der Waals surface area contributed by atoms with Gasteiger partial charge in [0.15, 0.2) is 0 Å². The van der Waals surface area contributed by atoms with Gasteiger partial charge in [-0.3, -0.25) is 4.79 Å². The van der Waals surface area contributed by atoms with E-state index < -0.39 is 0 Å². The summed E-state index contributed by atoms with van der Waals surface area (Å²) in [4.78, 5) is 16.6. The number of aryl methyl sites for hydroxylation is 1. The zero-order valence-electron chi connectivity index (χ0n) is 10.4. The molecule has 90 valence electrons. The number of carbonyl (C=O) groups excluding carboxylic acids is 1. The van der Waals surface area contributed by atoms with Gasteiger partial charge in [-0.2, -0.15) is 0 Å². The Balaban J connectivity index is 2.18. The minimum atomic E-state index is 0.121. The number of nitrogens with zero attached hydrogens (tertiary/aromatic N) is 1. The van der Waals surface area contributed by atoms with Gasteiger partial charge in [0.2, 0.25) is 5.78 Å². The van der Waals surface area contributed by atoms with Crippen molar-refractivity contribution in [1.29, 1.82) is 0 Å². The lowest BCUT2D eigenvalue weighted by atomic mass is 9.96. The largest absolute Gasteiger partial charge is 0.287 e. The molecule has 0 N–H and O–H groups in total. The first-order valence-corrected chi connectivity index (χ1v) is 6.45. The molecular weight excluding hydrogens is 210 g/mol. The van der Waals surface area contributed by atoms with Crippen molar-refractivity contribution in [3.8, 4) is 0 Å². The third kappa shape index (κ3) is 3.26. The molecule has 0 amide bonds. The summed E-state index contributed by atoms with van der Waals surface area (Å²) in [5, 5.41) is 0. The number of pyridine rings is 1. The lowest BCUT2D eigenvalue weighted by molar-refractivity contribution is 0.102. The highest BCUT2D eigenvalue weighted by Crippen LogP contribution is 2.20. The highest BCUT2D eigenvalue weighted by molar-refractivity contribution is 6.07. The van der Waals surface area contributed by atoms with Crippen molar-refractivity contribution >= 4 is 5.78 Å². The molecule has 0 saturated heterocycles. The Hall–Kier alpha value is -1.44. The Bertz CT molecular complexity index is 434. The van der Waals surface area contributed by atoms with Crippen molar-refractivity contribution < 1.29 is 4.79 Å². The van der Waals surface area contributed by atoms with Crippen LogP contribution < -0.4 is 0 Å². The number of hydrogen-bond acceptors (Lipinski definition) is 2. The fourth-order valence-corrected chi connectivity index (χ4v) is 2.23. The van der Waals surface area contributed by atoms with Crippen molar-refractivity contribution in [3.63, 3.8) is 0 Å². The second-order valence-corrected chi connectivity index (χ2v) is 4.68. The monoisotopic (exact) mass is 229 g/mol. The minimum Gasteiger partial charge on any atom is -0.287 e. The van der Waals surface area contributed by atoms with Crippen LogP contribution in [0.2, 0.25) is 0 Å². The molecule has 0 saturated carbocycles. The molecule has 0 aromatic carbocycles. The molecule has 1 aliphatic rings. The number of ketones is 1.